The van der Waals surface area contributed by atoms with Crippen molar-refractivity contribution in [2.75, 3.05) is 11.9 Å². The molecule has 0 bridgehead atoms. The summed E-state index contributed by atoms with van der Waals surface area (Å²) in [5.41, 5.74) is 3.75. The molecule has 0 spiro atoms. The van der Waals surface area contributed by atoms with Crippen molar-refractivity contribution in [3.05, 3.63) is 34.4 Å². The summed E-state index contributed by atoms with van der Waals surface area (Å²) in [7, 11) is 2.12. The molecule has 0 saturated heterocycles. The Morgan fingerprint density at radius 1 is 1.27 bits per heavy atom. The second-order valence-corrected chi connectivity index (χ2v) is 5.03. The van der Waals surface area contributed by atoms with Gasteiger partial charge in [0.05, 0.1) is 5.54 Å². The van der Waals surface area contributed by atoms with Crippen LogP contribution in [0.3, 0.4) is 0 Å². The van der Waals surface area contributed by atoms with Crippen LogP contribution >= 0.6 is 11.6 Å². The molecule has 15 heavy (non-hydrogen) atoms. The van der Waals surface area contributed by atoms with E-state index in [-0.39, 0.29) is 5.54 Å². The van der Waals surface area contributed by atoms with Crippen LogP contribution in [-0.2, 0) is 0 Å². The highest BCUT2D eigenvalue weighted by Crippen LogP contribution is 2.40. The summed E-state index contributed by atoms with van der Waals surface area (Å²) in [6, 6.07) is 6.06. The number of rotatable bonds is 0. The van der Waals surface area contributed by atoms with Gasteiger partial charge in [-0.05, 0) is 38.5 Å². The molecule has 0 N–H and O–H groups in total. The van der Waals surface area contributed by atoms with Crippen molar-refractivity contribution in [3.8, 4) is 0 Å². The Hall–Kier alpha value is -0.950. The van der Waals surface area contributed by atoms with Crippen molar-refractivity contribution in [2.24, 2.45) is 0 Å². The summed E-state index contributed by atoms with van der Waals surface area (Å²) in [6.07, 6.45) is 2.19. The van der Waals surface area contributed by atoms with E-state index < -0.39 is 0 Å². The Morgan fingerprint density at radius 2 is 1.93 bits per heavy atom. The minimum atomic E-state index is 0.0671. The van der Waals surface area contributed by atoms with Crippen LogP contribution in [0, 0.1) is 0 Å². The third-order valence-electron chi connectivity index (χ3n) is 3.56. The molecule has 0 saturated carbocycles. The van der Waals surface area contributed by atoms with Crippen LogP contribution in [0.2, 0.25) is 5.02 Å². The number of hydrogen-bond donors (Lipinski definition) is 0. The van der Waals surface area contributed by atoms with Crippen LogP contribution in [0.5, 0.6) is 0 Å². The maximum absolute atomic E-state index is 6.19. The molecule has 80 valence electrons. The van der Waals surface area contributed by atoms with Crippen LogP contribution in [-0.4, -0.2) is 12.6 Å². The Morgan fingerprint density at radius 3 is 2.60 bits per heavy atom. The summed E-state index contributed by atoms with van der Waals surface area (Å²) in [5.74, 6) is 0. The highest BCUT2D eigenvalue weighted by Gasteiger charge is 2.31. The van der Waals surface area contributed by atoms with Crippen molar-refractivity contribution in [3.63, 3.8) is 0 Å². The van der Waals surface area contributed by atoms with Crippen molar-refractivity contribution in [1.29, 1.82) is 0 Å². The molecule has 0 aliphatic carbocycles. The normalized spacial score (nSPS) is 18.5. The number of fused-ring (bicyclic) bond motifs is 1. The SMILES string of the molecule is CC1=Cc2c(Cl)cccc2N(C)C1(C)C. The molecule has 1 aromatic carbocycles. The van der Waals surface area contributed by atoms with E-state index in [1.165, 1.54) is 11.3 Å². The van der Waals surface area contributed by atoms with Gasteiger partial charge in [0.1, 0.15) is 0 Å². The third-order valence-corrected chi connectivity index (χ3v) is 3.89. The molecular weight excluding hydrogens is 206 g/mol. The lowest BCUT2D eigenvalue weighted by Crippen LogP contribution is -2.44. The molecule has 0 aromatic heterocycles. The molecule has 2 heteroatoms. The first kappa shape index (κ1) is 10.6. The summed E-state index contributed by atoms with van der Waals surface area (Å²) in [5, 5.41) is 0.828. The topological polar surface area (TPSA) is 3.24 Å². The molecule has 1 aliphatic rings. The fourth-order valence-corrected chi connectivity index (χ4v) is 2.14. The first-order chi connectivity index (χ1) is 6.94. The molecule has 1 heterocycles. The van der Waals surface area contributed by atoms with E-state index in [1.54, 1.807) is 0 Å². The van der Waals surface area contributed by atoms with Gasteiger partial charge in [0.15, 0.2) is 0 Å². The van der Waals surface area contributed by atoms with Crippen molar-refractivity contribution < 1.29 is 0 Å². The number of likely N-dealkylation sites (N-methyl/N-ethyl adjacent to an activating group) is 1. The molecule has 2 rings (SSSR count). The lowest BCUT2D eigenvalue weighted by Gasteiger charge is -2.42. The molecule has 1 aromatic rings. The minimum Gasteiger partial charge on any atom is -0.365 e. The van der Waals surface area contributed by atoms with E-state index in [2.05, 4.69) is 44.9 Å². The van der Waals surface area contributed by atoms with Gasteiger partial charge in [0, 0.05) is 23.3 Å². The zero-order valence-electron chi connectivity index (χ0n) is 9.63. The van der Waals surface area contributed by atoms with Gasteiger partial charge in [0.25, 0.3) is 0 Å². The Balaban J connectivity index is 2.68. The molecule has 1 aliphatic heterocycles. The summed E-state index contributed by atoms with van der Waals surface area (Å²) >= 11 is 6.19. The number of benzene rings is 1. The molecule has 0 unspecified atom stereocenters. The van der Waals surface area contributed by atoms with Crippen LogP contribution in [0.1, 0.15) is 26.3 Å². The molecular formula is C13H16ClN. The average Bonchev–Trinajstić information content (AvgIpc) is 2.18. The van der Waals surface area contributed by atoms with E-state index in [1.807, 2.05) is 12.1 Å². The number of anilines is 1. The van der Waals surface area contributed by atoms with Gasteiger partial charge in [-0.2, -0.15) is 0 Å². The summed E-state index contributed by atoms with van der Waals surface area (Å²) in [4.78, 5) is 2.28. The molecule has 0 atom stereocenters. The van der Waals surface area contributed by atoms with Crippen LogP contribution in [0.15, 0.2) is 23.8 Å². The molecule has 0 fully saturated rings. The van der Waals surface area contributed by atoms with Crippen molar-refractivity contribution in [1.82, 2.24) is 0 Å². The van der Waals surface area contributed by atoms with Crippen LogP contribution in [0.25, 0.3) is 6.08 Å². The fraction of sp³-hybridized carbons (Fsp3) is 0.385. The standard InChI is InChI=1S/C13H16ClN/c1-9-8-10-11(14)6-5-7-12(10)15(4)13(9,2)3/h5-8H,1-4H3. The van der Waals surface area contributed by atoms with Crippen molar-refractivity contribution >= 4 is 23.4 Å². The van der Waals surface area contributed by atoms with E-state index in [0.717, 1.165) is 10.6 Å². The predicted molar refractivity (Wildman–Crippen MR) is 67.6 cm³/mol. The van der Waals surface area contributed by atoms with Gasteiger partial charge in [0.2, 0.25) is 0 Å². The third kappa shape index (κ3) is 1.46. The lowest BCUT2D eigenvalue weighted by molar-refractivity contribution is 0.565. The number of nitrogens with zero attached hydrogens (tertiary/aromatic N) is 1. The fourth-order valence-electron chi connectivity index (χ4n) is 1.92. The minimum absolute atomic E-state index is 0.0671. The Labute approximate surface area is 96.4 Å². The Bertz CT molecular complexity index is 432. The largest absolute Gasteiger partial charge is 0.365 e. The monoisotopic (exact) mass is 221 g/mol. The lowest BCUT2D eigenvalue weighted by atomic mass is 9.87. The van der Waals surface area contributed by atoms with E-state index in [0.29, 0.717) is 0 Å². The summed E-state index contributed by atoms with van der Waals surface area (Å²) < 4.78 is 0. The van der Waals surface area contributed by atoms with E-state index in [9.17, 15) is 0 Å². The smallest absolute Gasteiger partial charge is 0.0555 e. The molecule has 1 nitrogen and oxygen atoms in total. The van der Waals surface area contributed by atoms with Gasteiger partial charge in [-0.15, -0.1) is 0 Å². The number of halogens is 1. The van der Waals surface area contributed by atoms with Gasteiger partial charge in [-0.3, -0.25) is 0 Å². The quantitative estimate of drug-likeness (QED) is 0.641. The Kier molecular flexibility index (Phi) is 2.31. The average molecular weight is 222 g/mol. The van der Waals surface area contributed by atoms with E-state index in [4.69, 9.17) is 11.6 Å². The van der Waals surface area contributed by atoms with Gasteiger partial charge in [-0.25, -0.2) is 0 Å². The maximum atomic E-state index is 6.19. The van der Waals surface area contributed by atoms with Gasteiger partial charge >= 0.3 is 0 Å². The second kappa shape index (κ2) is 3.28. The molecule has 0 amide bonds. The van der Waals surface area contributed by atoms with E-state index >= 15 is 0 Å². The van der Waals surface area contributed by atoms with Gasteiger partial charge < -0.3 is 4.90 Å². The van der Waals surface area contributed by atoms with Crippen LogP contribution < -0.4 is 4.90 Å². The van der Waals surface area contributed by atoms with Gasteiger partial charge in [-0.1, -0.05) is 23.7 Å². The maximum Gasteiger partial charge on any atom is 0.0555 e. The first-order valence-electron chi connectivity index (χ1n) is 5.15. The highest BCUT2D eigenvalue weighted by molar-refractivity contribution is 6.32. The van der Waals surface area contributed by atoms with Crippen molar-refractivity contribution in [2.45, 2.75) is 26.3 Å². The first-order valence-corrected chi connectivity index (χ1v) is 5.53. The zero-order valence-corrected chi connectivity index (χ0v) is 10.4. The molecule has 0 radical (unpaired) electrons. The predicted octanol–water partition coefficient (Wildman–Crippen LogP) is 3.97. The zero-order chi connectivity index (χ0) is 11.2. The highest BCUT2D eigenvalue weighted by atomic mass is 35.5. The van der Waals surface area contributed by atoms with Crippen LogP contribution in [0.4, 0.5) is 5.69 Å². The summed E-state index contributed by atoms with van der Waals surface area (Å²) in [6.45, 7) is 6.61. The number of hydrogen-bond acceptors (Lipinski definition) is 1. The second-order valence-electron chi connectivity index (χ2n) is 4.62.